The van der Waals surface area contributed by atoms with Crippen LogP contribution in [-0.2, 0) is 9.53 Å². The van der Waals surface area contributed by atoms with E-state index in [1.54, 1.807) is 30.4 Å². The molecule has 0 aliphatic carbocycles. The van der Waals surface area contributed by atoms with Gasteiger partial charge in [0.05, 0.1) is 17.7 Å². The minimum atomic E-state index is -0.500. The van der Waals surface area contributed by atoms with Crippen LogP contribution in [0.3, 0.4) is 0 Å². The summed E-state index contributed by atoms with van der Waals surface area (Å²) in [6.07, 6.45) is 3.45. The lowest BCUT2D eigenvalue weighted by molar-refractivity contribution is -0.117. The normalized spacial score (nSPS) is 10.5. The number of nitrogens with two attached hydrogens (primary N) is 1. The number of amides is 1. The number of carbonyl (C=O) groups excluding carboxylic acids is 2. The largest absolute Gasteiger partial charge is 0.465 e. The predicted molar refractivity (Wildman–Crippen MR) is 65.6 cm³/mol. The minimum Gasteiger partial charge on any atom is -0.465 e. The Hall–Kier alpha value is -1.81. The molecule has 0 heterocycles. The van der Waals surface area contributed by atoms with E-state index >= 15 is 0 Å². The van der Waals surface area contributed by atoms with E-state index < -0.39 is 11.9 Å². The molecular formula is C12H12ClNO3. The zero-order valence-electron chi connectivity index (χ0n) is 9.27. The molecule has 1 amide bonds. The van der Waals surface area contributed by atoms with Crippen LogP contribution in [0.25, 0.3) is 6.08 Å². The highest BCUT2D eigenvalue weighted by Gasteiger charge is 2.10. The standard InChI is InChI=1S/C12H12ClNO3/c1-17-12(16)9-7-8(5-6-10(9)13)3-2-4-11(14)15/h2-3,5-7H,4H2,1H3,(H2,14,15). The molecule has 0 spiro atoms. The second kappa shape index (κ2) is 6.06. The molecular weight excluding hydrogens is 242 g/mol. The SMILES string of the molecule is COC(=O)c1cc(C=CCC(N)=O)ccc1Cl. The van der Waals surface area contributed by atoms with Crippen molar-refractivity contribution in [2.45, 2.75) is 6.42 Å². The highest BCUT2D eigenvalue weighted by atomic mass is 35.5. The van der Waals surface area contributed by atoms with Gasteiger partial charge in [-0.1, -0.05) is 29.8 Å². The van der Waals surface area contributed by atoms with Crippen molar-refractivity contribution in [2.24, 2.45) is 5.73 Å². The molecule has 0 aromatic heterocycles. The van der Waals surface area contributed by atoms with E-state index in [2.05, 4.69) is 4.74 Å². The van der Waals surface area contributed by atoms with Crippen molar-refractivity contribution in [3.8, 4) is 0 Å². The average molecular weight is 254 g/mol. The van der Waals surface area contributed by atoms with Crippen LogP contribution in [0.4, 0.5) is 0 Å². The number of primary amides is 1. The van der Waals surface area contributed by atoms with Crippen LogP contribution in [0, 0.1) is 0 Å². The lowest BCUT2D eigenvalue weighted by atomic mass is 10.1. The Morgan fingerprint density at radius 1 is 1.47 bits per heavy atom. The molecule has 5 heteroatoms. The molecule has 1 rings (SSSR count). The number of rotatable bonds is 4. The molecule has 1 aromatic rings. The maximum Gasteiger partial charge on any atom is 0.339 e. The zero-order chi connectivity index (χ0) is 12.8. The summed E-state index contributed by atoms with van der Waals surface area (Å²) in [5.74, 6) is -0.913. The van der Waals surface area contributed by atoms with Crippen LogP contribution in [0.2, 0.25) is 5.02 Å². The molecule has 0 bridgehead atoms. The third-order valence-corrected chi connectivity index (χ3v) is 2.35. The fraction of sp³-hybridized carbons (Fsp3) is 0.167. The predicted octanol–water partition coefficient (Wildman–Crippen LogP) is 2.02. The molecule has 0 radical (unpaired) electrons. The molecule has 0 fully saturated rings. The van der Waals surface area contributed by atoms with Crippen molar-refractivity contribution in [2.75, 3.05) is 7.11 Å². The first-order chi connectivity index (χ1) is 8.04. The molecule has 0 saturated carbocycles. The number of carbonyl (C=O) groups is 2. The summed E-state index contributed by atoms with van der Waals surface area (Å²) in [7, 11) is 1.29. The summed E-state index contributed by atoms with van der Waals surface area (Å²) in [6, 6.07) is 4.91. The Morgan fingerprint density at radius 2 is 2.18 bits per heavy atom. The number of hydrogen-bond acceptors (Lipinski definition) is 3. The molecule has 90 valence electrons. The molecule has 17 heavy (non-hydrogen) atoms. The minimum absolute atomic E-state index is 0.149. The highest BCUT2D eigenvalue weighted by Crippen LogP contribution is 2.19. The smallest absolute Gasteiger partial charge is 0.339 e. The summed E-state index contributed by atoms with van der Waals surface area (Å²) in [5, 5.41) is 0.323. The van der Waals surface area contributed by atoms with E-state index in [9.17, 15) is 9.59 Å². The van der Waals surface area contributed by atoms with Crippen molar-refractivity contribution in [3.63, 3.8) is 0 Å². The monoisotopic (exact) mass is 253 g/mol. The van der Waals surface area contributed by atoms with Crippen molar-refractivity contribution in [1.29, 1.82) is 0 Å². The molecule has 0 unspecified atom stereocenters. The van der Waals surface area contributed by atoms with Crippen molar-refractivity contribution in [1.82, 2.24) is 0 Å². The van der Waals surface area contributed by atoms with Crippen molar-refractivity contribution in [3.05, 3.63) is 40.4 Å². The number of benzene rings is 1. The van der Waals surface area contributed by atoms with Gasteiger partial charge in [0.15, 0.2) is 0 Å². The van der Waals surface area contributed by atoms with Crippen LogP contribution < -0.4 is 5.73 Å². The topological polar surface area (TPSA) is 69.4 Å². The molecule has 0 saturated heterocycles. The van der Waals surface area contributed by atoms with Gasteiger partial charge in [-0.05, 0) is 17.7 Å². The quantitative estimate of drug-likeness (QED) is 0.835. The van der Waals surface area contributed by atoms with Gasteiger partial charge < -0.3 is 10.5 Å². The molecule has 0 atom stereocenters. The first-order valence-corrected chi connectivity index (χ1v) is 5.25. The van der Waals surface area contributed by atoms with E-state index in [4.69, 9.17) is 17.3 Å². The van der Waals surface area contributed by atoms with Gasteiger partial charge in [-0.3, -0.25) is 4.79 Å². The Labute approximate surface area is 104 Å². The second-order valence-corrected chi connectivity index (χ2v) is 3.71. The lowest BCUT2D eigenvalue weighted by Crippen LogP contribution is -2.07. The Bertz CT molecular complexity index is 469. The van der Waals surface area contributed by atoms with E-state index in [0.717, 1.165) is 5.56 Å². The van der Waals surface area contributed by atoms with E-state index in [0.29, 0.717) is 5.02 Å². The van der Waals surface area contributed by atoms with Crippen LogP contribution in [0.15, 0.2) is 24.3 Å². The van der Waals surface area contributed by atoms with Gasteiger partial charge in [0.1, 0.15) is 0 Å². The van der Waals surface area contributed by atoms with Gasteiger partial charge in [0.25, 0.3) is 0 Å². The highest BCUT2D eigenvalue weighted by molar-refractivity contribution is 6.33. The Balaban J connectivity index is 2.92. The third kappa shape index (κ3) is 3.92. The Morgan fingerprint density at radius 3 is 2.76 bits per heavy atom. The van der Waals surface area contributed by atoms with Crippen LogP contribution in [0.5, 0.6) is 0 Å². The summed E-state index contributed by atoms with van der Waals surface area (Å²) in [4.78, 5) is 21.9. The fourth-order valence-corrected chi connectivity index (χ4v) is 1.42. The average Bonchev–Trinajstić information content (AvgIpc) is 2.30. The summed E-state index contributed by atoms with van der Waals surface area (Å²) >= 11 is 5.86. The van der Waals surface area contributed by atoms with Gasteiger partial charge in [0, 0.05) is 6.42 Å². The van der Waals surface area contributed by atoms with Gasteiger partial charge in [0.2, 0.25) is 5.91 Å². The van der Waals surface area contributed by atoms with Crippen LogP contribution >= 0.6 is 11.6 Å². The number of methoxy groups -OCH3 is 1. The summed E-state index contributed by atoms with van der Waals surface area (Å²) in [6.45, 7) is 0. The number of esters is 1. The van der Waals surface area contributed by atoms with E-state index in [1.165, 1.54) is 7.11 Å². The number of halogens is 1. The number of hydrogen-bond donors (Lipinski definition) is 1. The van der Waals surface area contributed by atoms with Gasteiger partial charge >= 0.3 is 5.97 Å². The zero-order valence-corrected chi connectivity index (χ0v) is 10.0. The summed E-state index contributed by atoms with van der Waals surface area (Å²) in [5.41, 5.74) is 6.03. The molecule has 4 nitrogen and oxygen atoms in total. The van der Waals surface area contributed by atoms with Gasteiger partial charge in [-0.25, -0.2) is 4.79 Å². The van der Waals surface area contributed by atoms with Gasteiger partial charge in [-0.15, -0.1) is 0 Å². The first kappa shape index (κ1) is 13.3. The van der Waals surface area contributed by atoms with Crippen molar-refractivity contribution >= 4 is 29.6 Å². The lowest BCUT2D eigenvalue weighted by Gasteiger charge is -2.03. The van der Waals surface area contributed by atoms with E-state index in [-0.39, 0.29) is 12.0 Å². The first-order valence-electron chi connectivity index (χ1n) is 4.87. The maximum absolute atomic E-state index is 11.4. The number of ether oxygens (including phenoxy) is 1. The van der Waals surface area contributed by atoms with Crippen molar-refractivity contribution < 1.29 is 14.3 Å². The second-order valence-electron chi connectivity index (χ2n) is 3.30. The maximum atomic E-state index is 11.4. The van der Waals surface area contributed by atoms with E-state index in [1.807, 2.05) is 0 Å². The molecule has 0 aliphatic rings. The molecule has 1 aromatic carbocycles. The van der Waals surface area contributed by atoms with Crippen LogP contribution in [0.1, 0.15) is 22.3 Å². The molecule has 0 aliphatic heterocycles. The van der Waals surface area contributed by atoms with Gasteiger partial charge in [-0.2, -0.15) is 0 Å². The third-order valence-electron chi connectivity index (χ3n) is 2.03. The fourth-order valence-electron chi connectivity index (χ4n) is 1.22. The summed E-state index contributed by atoms with van der Waals surface area (Å²) < 4.78 is 4.59. The Kier molecular flexibility index (Phi) is 4.72. The van der Waals surface area contributed by atoms with Crippen LogP contribution in [-0.4, -0.2) is 19.0 Å². The molecule has 2 N–H and O–H groups in total.